The molecule has 9 heteroatoms. The van der Waals surface area contributed by atoms with Gasteiger partial charge in [-0.1, -0.05) is 121 Å². The number of aromatic nitrogens is 4. The topological polar surface area (TPSA) is 142 Å². The third kappa shape index (κ3) is 6.30. The monoisotopic (exact) mass is 859 g/mol. The van der Waals surface area contributed by atoms with Gasteiger partial charge in [-0.15, -0.1) is 0 Å². The van der Waals surface area contributed by atoms with Crippen molar-refractivity contribution >= 4 is 51.7 Å². The third-order valence-electron chi connectivity index (χ3n) is 12.6. The molecule has 312 valence electrons. The first kappa shape index (κ1) is 38.9. The molecule has 0 atom stereocenters. The Balaban J connectivity index is 1.25. The second-order valence-corrected chi connectivity index (χ2v) is 16.4. The zero-order valence-corrected chi connectivity index (χ0v) is 35.5. The Morgan fingerprint density at radius 2 is 0.791 bits per heavy atom. The van der Waals surface area contributed by atoms with E-state index in [1.807, 2.05) is 109 Å². The van der Waals surface area contributed by atoms with Crippen molar-refractivity contribution in [3.63, 3.8) is 0 Å². The molecule has 3 aliphatic heterocycles. The highest BCUT2D eigenvalue weighted by Gasteiger charge is 2.40. The number of fused-ring (bicyclic) bond motifs is 12. The predicted octanol–water partition coefficient (Wildman–Crippen LogP) is 13.0. The van der Waals surface area contributed by atoms with Crippen molar-refractivity contribution in [3.05, 3.63) is 210 Å². The lowest BCUT2D eigenvalue weighted by atomic mass is 9.92. The normalized spacial score (nSPS) is 12.4. The lowest BCUT2D eigenvalue weighted by Gasteiger charge is -2.14. The Morgan fingerprint density at radius 3 is 1.19 bits per heavy atom. The maximum atomic E-state index is 14.6. The fourth-order valence-electron chi connectivity index (χ4n) is 9.54. The van der Waals surface area contributed by atoms with Gasteiger partial charge in [-0.05, 0) is 89.0 Å². The number of nitrogens with zero attached hydrogens (tertiary/aromatic N) is 5. The molecular weight excluding hydrogens is 827 g/mol. The first-order chi connectivity index (χ1) is 33.0. The molecular formula is C58H33N7O2. The zero-order chi connectivity index (χ0) is 45.2. The van der Waals surface area contributed by atoms with E-state index in [-0.39, 0.29) is 27.9 Å². The Bertz CT molecular complexity index is 3650. The van der Waals surface area contributed by atoms with Gasteiger partial charge in [-0.2, -0.15) is 10.5 Å². The maximum absolute atomic E-state index is 14.6. The first-order valence-corrected chi connectivity index (χ1v) is 21.7. The molecule has 2 amide bonds. The van der Waals surface area contributed by atoms with Gasteiger partial charge in [-0.3, -0.25) is 9.59 Å². The summed E-state index contributed by atoms with van der Waals surface area (Å²) in [6.07, 6.45) is 4.15. The zero-order valence-electron chi connectivity index (χ0n) is 35.5. The molecule has 6 heterocycles. The van der Waals surface area contributed by atoms with E-state index < -0.39 is 11.8 Å². The number of H-pyrrole nitrogens is 2. The van der Waals surface area contributed by atoms with E-state index in [1.165, 1.54) is 18.2 Å². The van der Waals surface area contributed by atoms with Gasteiger partial charge < -0.3 is 9.97 Å². The fourth-order valence-corrected chi connectivity index (χ4v) is 9.54. The van der Waals surface area contributed by atoms with Crippen molar-refractivity contribution in [1.82, 2.24) is 19.9 Å². The molecule has 0 fully saturated rings. The molecule has 9 aromatic rings. The summed E-state index contributed by atoms with van der Waals surface area (Å²) in [7, 11) is 0. The van der Waals surface area contributed by atoms with Crippen molar-refractivity contribution in [1.29, 1.82) is 10.5 Å². The van der Waals surface area contributed by atoms with Crippen molar-refractivity contribution in [2.45, 2.75) is 0 Å². The molecule has 8 bridgehead atoms. The first-order valence-electron chi connectivity index (χ1n) is 21.7. The molecule has 3 aromatic heterocycles. The number of carbonyl (C=O) groups excluding carboxylic acids is 2. The molecule has 67 heavy (non-hydrogen) atoms. The molecule has 12 rings (SSSR count). The van der Waals surface area contributed by atoms with E-state index in [0.717, 1.165) is 82.9 Å². The summed E-state index contributed by atoms with van der Waals surface area (Å²) in [5.41, 5.74) is 15.4. The van der Waals surface area contributed by atoms with Crippen LogP contribution in [0.2, 0.25) is 0 Å². The Kier molecular flexibility index (Phi) is 9.02. The van der Waals surface area contributed by atoms with Crippen LogP contribution in [-0.4, -0.2) is 31.8 Å². The molecule has 0 saturated carbocycles. The largest absolute Gasteiger partial charge is 0.354 e. The van der Waals surface area contributed by atoms with Crippen LogP contribution in [0.15, 0.2) is 176 Å². The molecule has 2 N–H and O–H groups in total. The number of benzene rings is 6. The summed E-state index contributed by atoms with van der Waals surface area (Å²) in [5.74, 6) is -1.08. The van der Waals surface area contributed by atoms with Gasteiger partial charge in [0.2, 0.25) is 0 Å². The highest BCUT2D eigenvalue weighted by atomic mass is 16.2. The molecule has 0 unspecified atom stereocenters. The molecule has 6 aromatic carbocycles. The van der Waals surface area contributed by atoms with Gasteiger partial charge >= 0.3 is 0 Å². The third-order valence-corrected chi connectivity index (χ3v) is 12.6. The lowest BCUT2D eigenvalue weighted by Crippen LogP contribution is -2.29. The van der Waals surface area contributed by atoms with Gasteiger partial charge in [0, 0.05) is 55.4 Å². The highest BCUT2D eigenvalue weighted by Crippen LogP contribution is 2.49. The average molecular weight is 860 g/mol. The average Bonchev–Trinajstić information content (AvgIpc) is 4.24. The molecule has 0 spiro atoms. The summed E-state index contributed by atoms with van der Waals surface area (Å²) in [6, 6.07) is 60.8. The van der Waals surface area contributed by atoms with E-state index in [2.05, 4.69) is 70.7 Å². The summed E-state index contributed by atoms with van der Waals surface area (Å²) >= 11 is 0. The Morgan fingerprint density at radius 1 is 0.403 bits per heavy atom. The van der Waals surface area contributed by atoms with Crippen molar-refractivity contribution < 1.29 is 9.59 Å². The summed E-state index contributed by atoms with van der Waals surface area (Å²) in [6.45, 7) is 0. The molecule has 0 aliphatic carbocycles. The summed E-state index contributed by atoms with van der Waals surface area (Å²) < 4.78 is 0. The minimum absolute atomic E-state index is 0.0678. The number of anilines is 1. The Labute approximate surface area is 383 Å². The highest BCUT2D eigenvalue weighted by molar-refractivity contribution is 6.35. The smallest absolute Gasteiger partial charge is 0.266 e. The number of aromatic amines is 2. The number of nitriles is 2. The summed E-state index contributed by atoms with van der Waals surface area (Å²) in [4.78, 5) is 48.9. The van der Waals surface area contributed by atoms with Crippen LogP contribution in [0.3, 0.4) is 0 Å². The van der Waals surface area contributed by atoms with Crippen LogP contribution in [0.1, 0.15) is 43.2 Å². The number of hydrogen-bond acceptors (Lipinski definition) is 6. The molecule has 9 nitrogen and oxygen atoms in total. The molecule has 0 radical (unpaired) electrons. The van der Waals surface area contributed by atoms with Crippen LogP contribution < -0.4 is 4.90 Å². The second-order valence-electron chi connectivity index (χ2n) is 16.4. The lowest BCUT2D eigenvalue weighted by molar-refractivity contribution is 0.0926. The minimum atomic E-state index is -0.542. The van der Waals surface area contributed by atoms with Gasteiger partial charge in [0.25, 0.3) is 11.8 Å². The SMILES string of the molecule is N#Cc1ccc(N2C(=O)c3cc4c(cc3C2=O)-c2nc-4c(-c3ccccc3)c3ccc([nH]3)c(-c3ccccc3)c3nc(c(-c4ccccc4)c4ccc([nH]4)c2-c2ccccc2)C=C3)cc1C#N. The number of imide groups is 1. The number of amides is 2. The molecule has 0 saturated heterocycles. The molecule has 3 aliphatic rings. The van der Waals surface area contributed by atoms with E-state index in [4.69, 9.17) is 9.97 Å². The van der Waals surface area contributed by atoms with Crippen molar-refractivity contribution in [2.24, 2.45) is 0 Å². The number of rotatable bonds is 5. The van der Waals surface area contributed by atoms with E-state index >= 15 is 0 Å². The van der Waals surface area contributed by atoms with Crippen LogP contribution in [0, 0.1) is 22.7 Å². The van der Waals surface area contributed by atoms with E-state index in [9.17, 15) is 20.1 Å². The van der Waals surface area contributed by atoms with Crippen molar-refractivity contribution in [2.75, 3.05) is 4.90 Å². The van der Waals surface area contributed by atoms with Crippen molar-refractivity contribution in [3.8, 4) is 79.2 Å². The van der Waals surface area contributed by atoms with Crippen LogP contribution in [-0.2, 0) is 0 Å². The fraction of sp³-hybridized carbons (Fsp3) is 0. The van der Waals surface area contributed by atoms with Crippen LogP contribution >= 0.6 is 0 Å². The van der Waals surface area contributed by atoms with Gasteiger partial charge in [-0.25, -0.2) is 14.9 Å². The second kappa shape index (κ2) is 15.5. The van der Waals surface area contributed by atoms with Gasteiger partial charge in [0.1, 0.15) is 12.1 Å². The Hall–Kier alpha value is -9.70. The summed E-state index contributed by atoms with van der Waals surface area (Å²) in [5, 5.41) is 19.5. The maximum Gasteiger partial charge on any atom is 0.266 e. The van der Waals surface area contributed by atoms with E-state index in [1.54, 1.807) is 12.1 Å². The standard InChI is InChI=1S/C58H33N7O2/c59-32-38-21-22-40(29-39(38)33-60)65-57(66)43-30-41-42(31-44(43)58(65)67)56-54(37-19-11-4-12-20-37)50-28-26-48(63-50)52(35-15-7-2-8-16-35)46-24-23-45(61-46)51(34-13-5-1-6-14-34)47-25-27-49(62-47)53(55(41)64-56)36-17-9-3-10-18-36/h1-31,62-63H. The van der Waals surface area contributed by atoms with Gasteiger partial charge in [0.05, 0.1) is 50.7 Å². The van der Waals surface area contributed by atoms with Gasteiger partial charge in [0.15, 0.2) is 0 Å². The van der Waals surface area contributed by atoms with Crippen LogP contribution in [0.4, 0.5) is 5.69 Å². The van der Waals surface area contributed by atoms with Crippen LogP contribution in [0.25, 0.3) is 101 Å². The number of hydrogen-bond donors (Lipinski definition) is 2. The van der Waals surface area contributed by atoms with E-state index in [0.29, 0.717) is 22.5 Å². The number of carbonyl (C=O) groups is 2. The quantitative estimate of drug-likeness (QED) is 0.165. The number of nitrogens with one attached hydrogen (secondary N) is 2. The van der Waals surface area contributed by atoms with Crippen LogP contribution in [0.5, 0.6) is 0 Å². The predicted molar refractivity (Wildman–Crippen MR) is 263 cm³/mol. The minimum Gasteiger partial charge on any atom is -0.354 e.